The zero-order valence-electron chi connectivity index (χ0n) is 24.6. The van der Waals surface area contributed by atoms with Gasteiger partial charge in [-0.2, -0.15) is 5.10 Å². The molecule has 0 spiro atoms. The van der Waals surface area contributed by atoms with Crippen molar-refractivity contribution in [2.24, 2.45) is 0 Å². The molecule has 2 aromatic carbocycles. The molecule has 2 aromatic heterocycles. The Hall–Kier alpha value is -4.74. The highest BCUT2D eigenvalue weighted by molar-refractivity contribution is 6.39. The zero-order chi connectivity index (χ0) is 32.1. The summed E-state index contributed by atoms with van der Waals surface area (Å²) in [7, 11) is 1.29. The van der Waals surface area contributed by atoms with E-state index in [2.05, 4.69) is 20.7 Å². The number of piperidine rings is 1. The van der Waals surface area contributed by atoms with E-state index < -0.39 is 17.6 Å². The summed E-state index contributed by atoms with van der Waals surface area (Å²) >= 11 is 12.2. The molecule has 0 atom stereocenters. The normalized spacial score (nSPS) is 12.8. The maximum atomic E-state index is 13.4. The van der Waals surface area contributed by atoms with Gasteiger partial charge in [0.2, 0.25) is 0 Å². The molecule has 11 nitrogen and oxygen atoms in total. The van der Waals surface area contributed by atoms with Gasteiger partial charge in [0.1, 0.15) is 5.69 Å². The molecule has 4 aromatic rings. The predicted molar refractivity (Wildman–Crippen MR) is 173 cm³/mol. The first-order valence-corrected chi connectivity index (χ1v) is 15.1. The molecule has 45 heavy (non-hydrogen) atoms. The van der Waals surface area contributed by atoms with Crippen LogP contribution in [0.25, 0.3) is 22.4 Å². The average molecular weight is 650 g/mol. The maximum Gasteiger partial charge on any atom is 0.337 e. The predicted octanol–water partition coefficient (Wildman–Crippen LogP) is 6.36. The number of nitrogens with zero attached hydrogens (tertiary/aromatic N) is 4. The van der Waals surface area contributed by atoms with Crippen LogP contribution in [0.4, 0.5) is 16.2 Å². The molecule has 1 fully saturated rings. The van der Waals surface area contributed by atoms with Gasteiger partial charge in [-0.1, -0.05) is 41.4 Å². The third-order valence-corrected chi connectivity index (χ3v) is 7.92. The van der Waals surface area contributed by atoms with Crippen molar-refractivity contribution in [3.63, 3.8) is 0 Å². The molecule has 1 aliphatic rings. The van der Waals surface area contributed by atoms with Gasteiger partial charge in [0.05, 0.1) is 34.1 Å². The summed E-state index contributed by atoms with van der Waals surface area (Å²) in [6.07, 6.45) is 5.62. The number of benzene rings is 2. The van der Waals surface area contributed by atoms with Gasteiger partial charge in [-0.3, -0.25) is 14.6 Å². The van der Waals surface area contributed by atoms with Crippen LogP contribution >= 0.6 is 23.2 Å². The fourth-order valence-electron chi connectivity index (χ4n) is 5.08. The topological polar surface area (TPSA) is 136 Å². The fourth-order valence-corrected chi connectivity index (χ4v) is 5.53. The minimum atomic E-state index is -0.735. The van der Waals surface area contributed by atoms with Gasteiger partial charge < -0.3 is 20.3 Å². The third kappa shape index (κ3) is 7.16. The molecule has 0 saturated carbocycles. The summed E-state index contributed by atoms with van der Waals surface area (Å²) in [6, 6.07) is 13.0. The van der Waals surface area contributed by atoms with E-state index in [0.717, 1.165) is 19.3 Å². The lowest BCUT2D eigenvalue weighted by Crippen LogP contribution is -2.35. The molecule has 3 amide bonds. The van der Waals surface area contributed by atoms with E-state index in [1.807, 2.05) is 12.1 Å². The monoisotopic (exact) mass is 648 g/mol. The quantitative estimate of drug-likeness (QED) is 0.223. The minimum Gasteiger partial charge on any atom is -0.465 e. The molecule has 2 N–H and O–H groups in total. The molecule has 1 saturated heterocycles. The van der Waals surface area contributed by atoms with E-state index in [1.54, 1.807) is 42.2 Å². The van der Waals surface area contributed by atoms with Crippen LogP contribution in [-0.2, 0) is 11.3 Å². The summed E-state index contributed by atoms with van der Waals surface area (Å²) in [5, 5.41) is 9.87. The Kier molecular flexibility index (Phi) is 9.80. The summed E-state index contributed by atoms with van der Waals surface area (Å²) in [5.41, 5.74) is 2.64. The van der Waals surface area contributed by atoms with E-state index >= 15 is 0 Å². The van der Waals surface area contributed by atoms with Crippen LogP contribution in [0.3, 0.4) is 0 Å². The number of likely N-dealkylation sites (tertiary alicyclic amines) is 1. The van der Waals surface area contributed by atoms with Crippen molar-refractivity contribution in [3.05, 3.63) is 92.5 Å². The molecule has 0 bridgehead atoms. The Morgan fingerprint density at radius 2 is 1.58 bits per heavy atom. The maximum absolute atomic E-state index is 13.4. The number of urea groups is 1. The van der Waals surface area contributed by atoms with Crippen LogP contribution in [0.2, 0.25) is 10.0 Å². The van der Waals surface area contributed by atoms with Crippen molar-refractivity contribution in [2.75, 3.05) is 30.8 Å². The van der Waals surface area contributed by atoms with Crippen molar-refractivity contribution in [1.29, 1.82) is 0 Å². The summed E-state index contributed by atoms with van der Waals surface area (Å²) in [4.78, 5) is 57.5. The number of carbonyl (C=O) groups excluding carboxylic acids is 3. The molecule has 1 aliphatic heterocycles. The van der Waals surface area contributed by atoms with Crippen LogP contribution in [0.15, 0.2) is 65.7 Å². The highest BCUT2D eigenvalue weighted by Crippen LogP contribution is 2.30. The lowest BCUT2D eigenvalue weighted by atomic mass is 9.96. The zero-order valence-corrected chi connectivity index (χ0v) is 26.1. The van der Waals surface area contributed by atoms with Crippen LogP contribution in [0, 0.1) is 0 Å². The molecule has 5 rings (SSSR count). The van der Waals surface area contributed by atoms with E-state index in [9.17, 15) is 19.2 Å². The first kappa shape index (κ1) is 31.7. The number of amides is 3. The van der Waals surface area contributed by atoms with Gasteiger partial charge in [0.15, 0.2) is 0 Å². The Morgan fingerprint density at radius 1 is 0.889 bits per heavy atom. The fraction of sp³-hybridized carbons (Fsp3) is 0.250. The Balaban J connectivity index is 1.50. The number of pyridine rings is 1. The number of aryl methyl sites for hydroxylation is 1. The number of nitrogens with one attached hydrogen (secondary N) is 2. The molecule has 0 aliphatic carbocycles. The van der Waals surface area contributed by atoms with Crippen molar-refractivity contribution in [1.82, 2.24) is 19.7 Å². The largest absolute Gasteiger partial charge is 0.465 e. The van der Waals surface area contributed by atoms with Gasteiger partial charge in [0.25, 0.3) is 11.5 Å². The van der Waals surface area contributed by atoms with Gasteiger partial charge in [0, 0.05) is 43.2 Å². The van der Waals surface area contributed by atoms with Gasteiger partial charge in [-0.05, 0) is 67.6 Å². The molecular weight excluding hydrogens is 619 g/mol. The first-order chi connectivity index (χ1) is 21.7. The van der Waals surface area contributed by atoms with Gasteiger partial charge in [-0.15, -0.1) is 0 Å². The van der Waals surface area contributed by atoms with Crippen LogP contribution < -0.4 is 16.2 Å². The first-order valence-electron chi connectivity index (χ1n) is 14.3. The number of hydrogen-bond donors (Lipinski definition) is 2. The number of esters is 1. The number of ether oxygens (including phenoxy) is 1. The van der Waals surface area contributed by atoms with Crippen molar-refractivity contribution >= 4 is 52.5 Å². The number of hydrogen-bond acceptors (Lipinski definition) is 7. The Bertz CT molecular complexity index is 1820. The van der Waals surface area contributed by atoms with Crippen molar-refractivity contribution in [2.45, 2.75) is 32.7 Å². The standard InChI is InChI=1S/C32H30Cl2N6O5/c1-3-40-30(42)27(36-32(44)37-28-24(33)17-35-18-25(28)34)16-26(38-40)20-9-7-8-19(12-20)21-13-22(15-23(14-21)31(43)45-2)29(41)39-10-5-4-6-11-39/h7-9,12-18H,3-6,10-11H2,1-2H3,(H2,35,36,37,44). The lowest BCUT2D eigenvalue weighted by molar-refractivity contribution is 0.0600. The number of aromatic nitrogens is 3. The molecule has 3 heterocycles. The summed E-state index contributed by atoms with van der Waals surface area (Å²) in [6.45, 7) is 3.34. The lowest BCUT2D eigenvalue weighted by Gasteiger charge is -2.27. The minimum absolute atomic E-state index is 0.0202. The van der Waals surface area contributed by atoms with Gasteiger partial charge >= 0.3 is 12.0 Å². The number of anilines is 2. The van der Waals surface area contributed by atoms with Crippen LogP contribution in [0.1, 0.15) is 46.9 Å². The Morgan fingerprint density at radius 3 is 2.27 bits per heavy atom. The Labute approximate surface area is 269 Å². The second-order valence-electron chi connectivity index (χ2n) is 10.3. The smallest absolute Gasteiger partial charge is 0.337 e. The highest BCUT2D eigenvalue weighted by atomic mass is 35.5. The number of rotatable bonds is 7. The molecular formula is C32H30Cl2N6O5. The second-order valence-corrected chi connectivity index (χ2v) is 11.2. The number of halogens is 2. The van der Waals surface area contributed by atoms with Crippen LogP contribution in [-0.4, -0.2) is 57.8 Å². The highest BCUT2D eigenvalue weighted by Gasteiger charge is 2.21. The molecule has 0 radical (unpaired) electrons. The molecule has 232 valence electrons. The van der Waals surface area contributed by atoms with Crippen LogP contribution in [0.5, 0.6) is 0 Å². The summed E-state index contributed by atoms with van der Waals surface area (Å²) in [5.74, 6) is -0.696. The van der Waals surface area contributed by atoms with Gasteiger partial charge in [-0.25, -0.2) is 14.3 Å². The van der Waals surface area contributed by atoms with Crippen molar-refractivity contribution in [3.8, 4) is 22.4 Å². The second kappa shape index (κ2) is 13.9. The van der Waals surface area contributed by atoms with E-state index in [-0.39, 0.29) is 39.4 Å². The number of carbonyl (C=O) groups is 3. The van der Waals surface area contributed by atoms with E-state index in [0.29, 0.717) is 41.0 Å². The third-order valence-electron chi connectivity index (χ3n) is 7.35. The average Bonchev–Trinajstić information content (AvgIpc) is 3.07. The molecule has 13 heteroatoms. The number of methoxy groups -OCH3 is 1. The summed E-state index contributed by atoms with van der Waals surface area (Å²) < 4.78 is 6.20. The molecule has 0 unspecified atom stereocenters. The SMILES string of the molecule is CCn1nc(-c2cccc(-c3cc(C(=O)OC)cc(C(=O)N4CCCCC4)c3)c2)cc(NC(=O)Nc2c(Cl)cncc2Cl)c1=O. The van der Waals surface area contributed by atoms with Crippen molar-refractivity contribution < 1.29 is 19.1 Å². The van der Waals surface area contributed by atoms with E-state index in [1.165, 1.54) is 30.3 Å². The van der Waals surface area contributed by atoms with E-state index in [4.69, 9.17) is 27.9 Å².